The molecule has 5 nitrogen and oxygen atoms in total. The summed E-state index contributed by atoms with van der Waals surface area (Å²) in [4.78, 5) is 16.3. The number of benzene rings is 1. The van der Waals surface area contributed by atoms with E-state index in [2.05, 4.69) is 10.3 Å². The second kappa shape index (κ2) is 7.40. The van der Waals surface area contributed by atoms with Crippen LogP contribution in [0.25, 0.3) is 0 Å². The third-order valence-electron chi connectivity index (χ3n) is 3.06. The van der Waals surface area contributed by atoms with Crippen molar-refractivity contribution in [1.82, 2.24) is 4.98 Å². The summed E-state index contributed by atoms with van der Waals surface area (Å²) in [5.74, 6) is 0.0743. The number of nitrogens with one attached hydrogen (secondary N) is 1. The van der Waals surface area contributed by atoms with E-state index >= 15 is 0 Å². The zero-order valence-corrected chi connectivity index (χ0v) is 12.0. The van der Waals surface area contributed by atoms with Crippen molar-refractivity contribution in [2.75, 3.05) is 19.0 Å². The number of aryl methyl sites for hydroxylation is 1. The molecular formula is C16H19N3O2. The summed E-state index contributed by atoms with van der Waals surface area (Å²) in [5.41, 5.74) is 7.82. The summed E-state index contributed by atoms with van der Waals surface area (Å²) in [6.45, 7) is 0.656. The third kappa shape index (κ3) is 4.03. The maximum atomic E-state index is 12.3. The Labute approximate surface area is 124 Å². The van der Waals surface area contributed by atoms with E-state index < -0.39 is 0 Å². The molecule has 0 radical (unpaired) electrons. The van der Waals surface area contributed by atoms with Gasteiger partial charge >= 0.3 is 0 Å². The molecule has 2 rings (SSSR count). The molecule has 3 N–H and O–H groups in total. The lowest BCUT2D eigenvalue weighted by molar-refractivity contribution is 0.102. The number of nitrogens with zero attached hydrogens (tertiary/aromatic N) is 1. The van der Waals surface area contributed by atoms with Gasteiger partial charge in [-0.25, -0.2) is 4.98 Å². The molecule has 1 heterocycles. The standard InChI is InChI=1S/C16H19N3O2/c1-21-16-14(8-4-10-18-16)15(20)19-13-7-2-5-12(11-13)6-3-9-17/h2,4-5,7-8,10-11H,3,6,9,17H2,1H3,(H,19,20). The van der Waals surface area contributed by atoms with Crippen LogP contribution in [0.2, 0.25) is 0 Å². The molecule has 0 bridgehead atoms. The lowest BCUT2D eigenvalue weighted by Gasteiger charge is -2.09. The van der Waals surface area contributed by atoms with E-state index in [0.717, 1.165) is 24.1 Å². The van der Waals surface area contributed by atoms with Gasteiger partial charge in [0.1, 0.15) is 5.56 Å². The SMILES string of the molecule is COc1ncccc1C(=O)Nc1cccc(CCCN)c1. The summed E-state index contributed by atoms with van der Waals surface area (Å²) < 4.78 is 5.10. The van der Waals surface area contributed by atoms with Gasteiger partial charge < -0.3 is 15.8 Å². The van der Waals surface area contributed by atoms with Gasteiger partial charge in [0.25, 0.3) is 5.91 Å². The van der Waals surface area contributed by atoms with Gasteiger partial charge in [0.15, 0.2) is 0 Å². The largest absolute Gasteiger partial charge is 0.480 e. The van der Waals surface area contributed by atoms with Crippen LogP contribution in [0.3, 0.4) is 0 Å². The third-order valence-corrected chi connectivity index (χ3v) is 3.06. The van der Waals surface area contributed by atoms with E-state index in [1.165, 1.54) is 7.11 Å². The first kappa shape index (κ1) is 15.0. The maximum absolute atomic E-state index is 12.3. The van der Waals surface area contributed by atoms with Crippen molar-refractivity contribution in [3.8, 4) is 5.88 Å². The fourth-order valence-electron chi connectivity index (χ4n) is 2.04. The van der Waals surface area contributed by atoms with Crippen LogP contribution in [0.1, 0.15) is 22.3 Å². The highest BCUT2D eigenvalue weighted by molar-refractivity contribution is 6.05. The molecule has 2 aromatic rings. The predicted molar refractivity (Wildman–Crippen MR) is 82.6 cm³/mol. The van der Waals surface area contributed by atoms with Crippen molar-refractivity contribution in [3.05, 3.63) is 53.7 Å². The fourth-order valence-corrected chi connectivity index (χ4v) is 2.04. The summed E-state index contributed by atoms with van der Waals surface area (Å²) in [7, 11) is 1.49. The summed E-state index contributed by atoms with van der Waals surface area (Å²) in [6, 6.07) is 11.1. The average Bonchev–Trinajstić information content (AvgIpc) is 2.53. The zero-order chi connectivity index (χ0) is 15.1. The number of carbonyl (C=O) groups excluding carboxylic acids is 1. The maximum Gasteiger partial charge on any atom is 0.261 e. The lowest BCUT2D eigenvalue weighted by Crippen LogP contribution is -2.14. The van der Waals surface area contributed by atoms with Crippen molar-refractivity contribution in [2.45, 2.75) is 12.8 Å². The van der Waals surface area contributed by atoms with Gasteiger partial charge in [0.2, 0.25) is 5.88 Å². The van der Waals surface area contributed by atoms with Crippen LogP contribution in [0.15, 0.2) is 42.6 Å². The quantitative estimate of drug-likeness (QED) is 0.853. The van der Waals surface area contributed by atoms with Gasteiger partial charge in [0, 0.05) is 11.9 Å². The van der Waals surface area contributed by atoms with Crippen LogP contribution in [-0.4, -0.2) is 24.5 Å². The van der Waals surface area contributed by atoms with E-state index in [4.69, 9.17) is 10.5 Å². The Balaban J connectivity index is 2.12. The lowest BCUT2D eigenvalue weighted by atomic mass is 10.1. The second-order valence-electron chi connectivity index (χ2n) is 4.61. The van der Waals surface area contributed by atoms with Crippen LogP contribution >= 0.6 is 0 Å². The monoisotopic (exact) mass is 285 g/mol. The molecule has 1 aromatic heterocycles. The van der Waals surface area contributed by atoms with E-state index in [0.29, 0.717) is 18.0 Å². The minimum atomic E-state index is -0.240. The number of nitrogens with two attached hydrogens (primary N) is 1. The highest BCUT2D eigenvalue weighted by Gasteiger charge is 2.12. The number of methoxy groups -OCH3 is 1. The molecule has 5 heteroatoms. The Morgan fingerprint density at radius 1 is 1.33 bits per heavy atom. The number of hydrogen-bond acceptors (Lipinski definition) is 4. The van der Waals surface area contributed by atoms with Crippen LogP contribution in [0.5, 0.6) is 5.88 Å². The molecule has 0 fully saturated rings. The van der Waals surface area contributed by atoms with Gasteiger partial charge in [-0.2, -0.15) is 0 Å². The molecule has 0 saturated heterocycles. The highest BCUT2D eigenvalue weighted by atomic mass is 16.5. The number of ether oxygens (including phenoxy) is 1. The number of hydrogen-bond donors (Lipinski definition) is 2. The average molecular weight is 285 g/mol. The van der Waals surface area contributed by atoms with Crippen LogP contribution in [0, 0.1) is 0 Å². The van der Waals surface area contributed by atoms with Gasteiger partial charge in [0.05, 0.1) is 7.11 Å². The predicted octanol–water partition coefficient (Wildman–Crippen LogP) is 2.23. The van der Waals surface area contributed by atoms with E-state index in [-0.39, 0.29) is 5.91 Å². The van der Waals surface area contributed by atoms with Gasteiger partial charge in [-0.1, -0.05) is 12.1 Å². The Kier molecular flexibility index (Phi) is 5.29. The fraction of sp³-hybridized carbons (Fsp3) is 0.250. The summed E-state index contributed by atoms with van der Waals surface area (Å²) in [6.07, 6.45) is 3.41. The number of carbonyl (C=O) groups is 1. The summed E-state index contributed by atoms with van der Waals surface area (Å²) in [5, 5.41) is 2.86. The smallest absolute Gasteiger partial charge is 0.261 e. The van der Waals surface area contributed by atoms with Gasteiger partial charge in [-0.3, -0.25) is 4.79 Å². The van der Waals surface area contributed by atoms with Crippen molar-refractivity contribution in [3.63, 3.8) is 0 Å². The minimum Gasteiger partial charge on any atom is -0.480 e. The molecule has 0 aliphatic rings. The molecule has 0 aliphatic carbocycles. The van der Waals surface area contributed by atoms with E-state index in [9.17, 15) is 4.79 Å². The first-order valence-corrected chi connectivity index (χ1v) is 6.84. The first-order valence-electron chi connectivity index (χ1n) is 6.84. The normalized spacial score (nSPS) is 10.2. The minimum absolute atomic E-state index is 0.240. The Bertz CT molecular complexity index is 614. The molecule has 0 unspecified atom stereocenters. The zero-order valence-electron chi connectivity index (χ0n) is 12.0. The highest BCUT2D eigenvalue weighted by Crippen LogP contribution is 2.17. The molecule has 21 heavy (non-hydrogen) atoms. The molecule has 0 atom stereocenters. The molecule has 0 aliphatic heterocycles. The van der Waals surface area contributed by atoms with Gasteiger partial charge in [-0.15, -0.1) is 0 Å². The number of pyridine rings is 1. The van der Waals surface area contributed by atoms with Crippen molar-refractivity contribution in [2.24, 2.45) is 5.73 Å². The van der Waals surface area contributed by atoms with E-state index in [1.54, 1.807) is 18.3 Å². The molecule has 0 spiro atoms. The number of aromatic nitrogens is 1. The molecular weight excluding hydrogens is 266 g/mol. The number of rotatable bonds is 6. The Hall–Kier alpha value is -2.40. The Morgan fingerprint density at radius 3 is 2.95 bits per heavy atom. The summed E-state index contributed by atoms with van der Waals surface area (Å²) >= 11 is 0. The van der Waals surface area contributed by atoms with Gasteiger partial charge in [-0.05, 0) is 49.2 Å². The topological polar surface area (TPSA) is 77.2 Å². The molecule has 1 aromatic carbocycles. The molecule has 0 saturated carbocycles. The van der Waals surface area contributed by atoms with E-state index in [1.807, 2.05) is 24.3 Å². The number of anilines is 1. The Morgan fingerprint density at radius 2 is 2.19 bits per heavy atom. The van der Waals surface area contributed by atoms with Crippen molar-refractivity contribution >= 4 is 11.6 Å². The second-order valence-corrected chi connectivity index (χ2v) is 4.61. The van der Waals surface area contributed by atoms with Crippen LogP contribution in [-0.2, 0) is 6.42 Å². The number of amides is 1. The van der Waals surface area contributed by atoms with Crippen molar-refractivity contribution < 1.29 is 9.53 Å². The van der Waals surface area contributed by atoms with Crippen molar-refractivity contribution in [1.29, 1.82) is 0 Å². The molecule has 1 amide bonds. The molecule has 110 valence electrons. The first-order chi connectivity index (χ1) is 10.2. The van der Waals surface area contributed by atoms with Crippen LogP contribution < -0.4 is 15.8 Å². The van der Waals surface area contributed by atoms with Crippen LogP contribution in [0.4, 0.5) is 5.69 Å².